The molecule has 0 aromatic carbocycles. The molecule has 0 fully saturated rings. The van der Waals surface area contributed by atoms with Crippen LogP contribution < -0.4 is 0 Å². The molecule has 83 heavy (non-hydrogen) atoms. The van der Waals surface area contributed by atoms with Crippen molar-refractivity contribution in [1.29, 1.82) is 0 Å². The van der Waals surface area contributed by atoms with E-state index in [4.69, 9.17) is 14.2 Å². The zero-order valence-electron chi connectivity index (χ0n) is 55.2. The van der Waals surface area contributed by atoms with E-state index in [0.29, 0.717) is 19.3 Å². The molecule has 0 aliphatic rings. The topological polar surface area (TPSA) is 78.9 Å². The molecule has 1 atom stereocenters. The number of carbonyl (C=O) groups excluding carboxylic acids is 3. The average molecular weight is 1160 g/mol. The molecule has 6 nitrogen and oxygen atoms in total. The Morgan fingerprint density at radius 1 is 0.253 bits per heavy atom. The summed E-state index contributed by atoms with van der Waals surface area (Å²) in [6, 6.07) is 0. The van der Waals surface area contributed by atoms with Crippen LogP contribution in [0.3, 0.4) is 0 Å². The van der Waals surface area contributed by atoms with Crippen LogP contribution >= 0.6 is 0 Å². The lowest BCUT2D eigenvalue weighted by Gasteiger charge is -2.18. The predicted octanol–water partition coefficient (Wildman–Crippen LogP) is 25.0. The van der Waals surface area contributed by atoms with Crippen LogP contribution in [0.5, 0.6) is 0 Å². The summed E-state index contributed by atoms with van der Waals surface area (Å²) in [6.45, 7) is 6.53. The maximum absolute atomic E-state index is 13.0. The molecule has 0 aromatic heterocycles. The minimum Gasteiger partial charge on any atom is -0.462 e. The Morgan fingerprint density at radius 3 is 0.771 bits per heavy atom. The van der Waals surface area contributed by atoms with E-state index in [1.807, 2.05) is 0 Å². The number of hydrogen-bond donors (Lipinski definition) is 0. The van der Waals surface area contributed by atoms with Crippen molar-refractivity contribution in [2.75, 3.05) is 13.2 Å². The van der Waals surface area contributed by atoms with Crippen LogP contribution in [0.4, 0.5) is 0 Å². The van der Waals surface area contributed by atoms with E-state index >= 15 is 0 Å². The van der Waals surface area contributed by atoms with E-state index in [1.165, 1.54) is 218 Å². The van der Waals surface area contributed by atoms with Crippen LogP contribution in [0.15, 0.2) is 85.1 Å². The fraction of sp³-hybridized carbons (Fsp3) is 0.779. The van der Waals surface area contributed by atoms with E-state index in [0.717, 1.165) is 109 Å². The molecular weight excluding hydrogens is 1020 g/mol. The Labute approximate surface area is 515 Å². The Bertz CT molecular complexity index is 1570. The summed E-state index contributed by atoms with van der Waals surface area (Å²) >= 11 is 0. The molecule has 0 saturated heterocycles. The van der Waals surface area contributed by atoms with Crippen LogP contribution in [-0.2, 0) is 28.6 Å². The molecule has 6 heteroatoms. The Kier molecular flexibility index (Phi) is 68.2. The van der Waals surface area contributed by atoms with E-state index in [9.17, 15) is 14.4 Å². The minimum atomic E-state index is -0.788. The highest BCUT2D eigenvalue weighted by Crippen LogP contribution is 2.18. The summed E-state index contributed by atoms with van der Waals surface area (Å²) < 4.78 is 17.0. The van der Waals surface area contributed by atoms with Crippen LogP contribution in [0.1, 0.15) is 367 Å². The number of allylic oxidation sites excluding steroid dienone is 14. The lowest BCUT2D eigenvalue weighted by atomic mass is 10.0. The van der Waals surface area contributed by atoms with E-state index in [2.05, 4.69) is 106 Å². The van der Waals surface area contributed by atoms with Gasteiger partial charge in [0.25, 0.3) is 0 Å². The highest BCUT2D eigenvalue weighted by atomic mass is 16.6. The highest BCUT2D eigenvalue weighted by Gasteiger charge is 2.19. The summed E-state index contributed by atoms with van der Waals surface area (Å²) in [5.74, 6) is -0.886. The minimum absolute atomic E-state index is 0.0818. The van der Waals surface area contributed by atoms with E-state index in [-0.39, 0.29) is 31.1 Å². The third-order valence-electron chi connectivity index (χ3n) is 15.9. The fourth-order valence-electron chi connectivity index (χ4n) is 10.5. The van der Waals surface area contributed by atoms with Crippen molar-refractivity contribution in [3.63, 3.8) is 0 Å². The van der Waals surface area contributed by atoms with Gasteiger partial charge >= 0.3 is 17.9 Å². The van der Waals surface area contributed by atoms with Gasteiger partial charge in [-0.05, 0) is 116 Å². The Hall–Kier alpha value is -3.41. The van der Waals surface area contributed by atoms with Crippen molar-refractivity contribution in [2.45, 2.75) is 374 Å². The van der Waals surface area contributed by atoms with Gasteiger partial charge in [-0.2, -0.15) is 0 Å². The second-order valence-corrected chi connectivity index (χ2v) is 24.1. The summed E-state index contributed by atoms with van der Waals surface area (Å²) in [5, 5.41) is 0. The number of carbonyl (C=O) groups is 3. The quantitative estimate of drug-likeness (QED) is 0.0261. The third kappa shape index (κ3) is 69.3. The van der Waals surface area contributed by atoms with Crippen molar-refractivity contribution in [1.82, 2.24) is 0 Å². The van der Waals surface area contributed by atoms with Gasteiger partial charge in [0, 0.05) is 19.3 Å². The highest BCUT2D eigenvalue weighted by molar-refractivity contribution is 5.71. The largest absolute Gasteiger partial charge is 0.462 e. The monoisotopic (exact) mass is 1160 g/mol. The maximum Gasteiger partial charge on any atom is 0.306 e. The molecule has 480 valence electrons. The van der Waals surface area contributed by atoms with Crippen LogP contribution in [0.25, 0.3) is 0 Å². The van der Waals surface area contributed by atoms with E-state index in [1.54, 1.807) is 0 Å². The smallest absolute Gasteiger partial charge is 0.306 e. The SMILES string of the molecule is CC/C=C\C/C=C\C/C=C\C/C=C\CCCCCCCCCCC(=O)OC(COC(=O)CCCCCCC/C=C\C/C=C\CCCCC)COC(=O)CCCCCCCCCCCCCCCCCCC/C=C\CCCCCCCCCC. The molecular formula is C77H136O6. The average Bonchev–Trinajstić information content (AvgIpc) is 3.49. The number of ether oxygens (including phenoxy) is 3. The lowest BCUT2D eigenvalue weighted by Crippen LogP contribution is -2.30. The van der Waals surface area contributed by atoms with Crippen LogP contribution in [-0.4, -0.2) is 37.2 Å². The Morgan fingerprint density at radius 2 is 0.470 bits per heavy atom. The number of rotatable bonds is 66. The summed E-state index contributed by atoms with van der Waals surface area (Å²) in [7, 11) is 0. The lowest BCUT2D eigenvalue weighted by molar-refractivity contribution is -0.167. The first kappa shape index (κ1) is 79.6. The maximum atomic E-state index is 13.0. The summed E-state index contributed by atoms with van der Waals surface area (Å²) in [6.07, 6.45) is 94.7. The zero-order valence-corrected chi connectivity index (χ0v) is 55.2. The van der Waals surface area contributed by atoms with Gasteiger partial charge in [0.05, 0.1) is 0 Å². The molecule has 0 spiro atoms. The number of hydrogen-bond acceptors (Lipinski definition) is 6. The van der Waals surface area contributed by atoms with E-state index < -0.39 is 6.10 Å². The molecule has 0 amide bonds. The third-order valence-corrected chi connectivity index (χ3v) is 15.9. The summed E-state index contributed by atoms with van der Waals surface area (Å²) in [4.78, 5) is 38.5. The zero-order chi connectivity index (χ0) is 59.9. The van der Waals surface area contributed by atoms with Crippen molar-refractivity contribution in [3.05, 3.63) is 85.1 Å². The van der Waals surface area contributed by atoms with Gasteiger partial charge in [-0.3, -0.25) is 14.4 Å². The molecule has 0 bridgehead atoms. The normalized spacial score (nSPS) is 12.6. The molecule has 0 aliphatic carbocycles. The molecule has 0 aromatic rings. The Balaban J connectivity index is 4.27. The molecule has 0 rings (SSSR count). The second kappa shape index (κ2) is 71.1. The fourth-order valence-corrected chi connectivity index (χ4v) is 10.5. The predicted molar refractivity (Wildman–Crippen MR) is 362 cm³/mol. The molecule has 0 saturated carbocycles. The van der Waals surface area contributed by atoms with Gasteiger partial charge in [-0.25, -0.2) is 0 Å². The van der Waals surface area contributed by atoms with Gasteiger partial charge in [0.2, 0.25) is 0 Å². The first-order chi connectivity index (χ1) is 41.0. The molecule has 1 unspecified atom stereocenters. The van der Waals surface area contributed by atoms with Crippen molar-refractivity contribution in [2.24, 2.45) is 0 Å². The summed E-state index contributed by atoms with van der Waals surface area (Å²) in [5.41, 5.74) is 0. The first-order valence-corrected chi connectivity index (χ1v) is 36.1. The van der Waals surface area contributed by atoms with Gasteiger partial charge in [-0.1, -0.05) is 318 Å². The van der Waals surface area contributed by atoms with Crippen molar-refractivity contribution < 1.29 is 28.6 Å². The van der Waals surface area contributed by atoms with Crippen LogP contribution in [0, 0.1) is 0 Å². The number of unbranched alkanes of at least 4 members (excludes halogenated alkanes) is 41. The van der Waals surface area contributed by atoms with Crippen molar-refractivity contribution in [3.8, 4) is 0 Å². The van der Waals surface area contributed by atoms with Gasteiger partial charge < -0.3 is 14.2 Å². The molecule has 0 radical (unpaired) electrons. The van der Waals surface area contributed by atoms with Crippen molar-refractivity contribution >= 4 is 17.9 Å². The second-order valence-electron chi connectivity index (χ2n) is 24.1. The van der Waals surface area contributed by atoms with Gasteiger partial charge in [0.1, 0.15) is 13.2 Å². The standard InChI is InChI=1S/C77H136O6/c1-4-7-10-13-16-19-22-25-28-30-32-34-35-36-37-38-39-40-41-43-44-46-49-52-55-58-61-64-67-70-76(79)82-73-74(72-81-75(78)69-66-63-60-57-54-51-48-27-24-21-18-15-12-9-6-3)83-77(80)71-68-65-62-59-56-53-50-47-45-42-33-31-29-26-23-20-17-14-11-8-5-2/h8,11,17-18,20-21,26-27,29-30,32-33,42,48,74H,4-7,9-10,12-16,19,22-25,28,31,34-41,43-47,49-73H2,1-3H3/b11-8-,20-17-,21-18-,29-26-,32-30-,42-33-,48-27-. The number of esters is 3. The first-order valence-electron chi connectivity index (χ1n) is 36.1. The molecule has 0 aliphatic heterocycles. The molecule has 0 N–H and O–H groups in total. The van der Waals surface area contributed by atoms with Gasteiger partial charge in [-0.15, -0.1) is 0 Å². The molecule has 0 heterocycles. The van der Waals surface area contributed by atoms with Crippen LogP contribution in [0.2, 0.25) is 0 Å². The van der Waals surface area contributed by atoms with Gasteiger partial charge in [0.15, 0.2) is 6.10 Å².